The Morgan fingerprint density at radius 1 is 1.16 bits per heavy atom. The van der Waals surface area contributed by atoms with Gasteiger partial charge in [0.25, 0.3) is 0 Å². The van der Waals surface area contributed by atoms with Gasteiger partial charge in [-0.2, -0.15) is 11.3 Å². The number of nitrogens with one attached hydrogen (secondary N) is 1. The molecule has 0 unspecified atom stereocenters. The Morgan fingerprint density at radius 3 is 2.84 bits per heavy atom. The molecule has 0 aliphatic rings. The molecular weight excluding hydrogens is 270 g/mol. The molecule has 1 aromatic heterocycles. The molecule has 19 heavy (non-hydrogen) atoms. The fourth-order valence-electron chi connectivity index (χ4n) is 1.89. The van der Waals surface area contributed by atoms with Crippen molar-refractivity contribution >= 4 is 23.1 Å². The Kier molecular flexibility index (Phi) is 5.95. The van der Waals surface area contributed by atoms with Gasteiger partial charge in [-0.15, -0.1) is 11.8 Å². The fourth-order valence-corrected chi connectivity index (χ4v) is 3.62. The SMILES string of the molecule is Cc1ccc(C)c(SCCNCCc2ccsc2)c1. The van der Waals surface area contributed by atoms with Crippen LogP contribution in [0.3, 0.4) is 0 Å². The number of hydrogen-bond donors (Lipinski definition) is 1. The first-order valence-electron chi connectivity index (χ1n) is 6.67. The van der Waals surface area contributed by atoms with Gasteiger partial charge in [0.15, 0.2) is 0 Å². The first-order valence-corrected chi connectivity index (χ1v) is 8.60. The highest BCUT2D eigenvalue weighted by atomic mass is 32.2. The minimum Gasteiger partial charge on any atom is -0.316 e. The molecule has 1 nitrogen and oxygen atoms in total. The third kappa shape index (κ3) is 5.01. The van der Waals surface area contributed by atoms with Crippen LogP contribution in [0.15, 0.2) is 39.9 Å². The van der Waals surface area contributed by atoms with Crippen LogP contribution in [0.2, 0.25) is 0 Å². The maximum Gasteiger partial charge on any atom is 0.0106 e. The van der Waals surface area contributed by atoms with E-state index in [2.05, 4.69) is 54.2 Å². The van der Waals surface area contributed by atoms with Gasteiger partial charge in [0, 0.05) is 17.2 Å². The summed E-state index contributed by atoms with van der Waals surface area (Å²) < 4.78 is 0. The van der Waals surface area contributed by atoms with Crippen molar-refractivity contribution < 1.29 is 0 Å². The quantitative estimate of drug-likeness (QED) is 0.603. The largest absolute Gasteiger partial charge is 0.316 e. The molecule has 0 saturated carbocycles. The van der Waals surface area contributed by atoms with E-state index >= 15 is 0 Å². The lowest BCUT2D eigenvalue weighted by atomic mass is 10.2. The lowest BCUT2D eigenvalue weighted by Crippen LogP contribution is -2.19. The number of thiophene rings is 1. The van der Waals surface area contributed by atoms with E-state index in [0.29, 0.717) is 0 Å². The zero-order valence-electron chi connectivity index (χ0n) is 11.6. The Morgan fingerprint density at radius 2 is 2.05 bits per heavy atom. The summed E-state index contributed by atoms with van der Waals surface area (Å²) in [6.07, 6.45) is 1.14. The Labute approximate surface area is 124 Å². The van der Waals surface area contributed by atoms with E-state index in [1.807, 2.05) is 11.8 Å². The van der Waals surface area contributed by atoms with Crippen molar-refractivity contribution in [2.24, 2.45) is 0 Å². The molecule has 0 amide bonds. The minimum atomic E-state index is 1.07. The van der Waals surface area contributed by atoms with Crippen molar-refractivity contribution in [3.8, 4) is 0 Å². The Balaban J connectivity index is 1.62. The summed E-state index contributed by atoms with van der Waals surface area (Å²) in [6, 6.07) is 8.88. The predicted molar refractivity (Wildman–Crippen MR) is 87.5 cm³/mol. The molecule has 2 rings (SSSR count). The average molecular weight is 291 g/mol. The normalized spacial score (nSPS) is 10.8. The van der Waals surface area contributed by atoms with Crippen LogP contribution in [0, 0.1) is 13.8 Å². The molecule has 102 valence electrons. The van der Waals surface area contributed by atoms with Crippen LogP contribution < -0.4 is 5.32 Å². The summed E-state index contributed by atoms with van der Waals surface area (Å²) in [5.74, 6) is 1.13. The van der Waals surface area contributed by atoms with Gasteiger partial charge in [-0.3, -0.25) is 0 Å². The van der Waals surface area contributed by atoms with Crippen LogP contribution in [0.5, 0.6) is 0 Å². The summed E-state index contributed by atoms with van der Waals surface area (Å²) in [5.41, 5.74) is 4.17. The number of aryl methyl sites for hydroxylation is 2. The first kappa shape index (κ1) is 14.6. The molecule has 0 radical (unpaired) electrons. The maximum atomic E-state index is 3.51. The first-order chi connectivity index (χ1) is 9.25. The van der Waals surface area contributed by atoms with Crippen LogP contribution in [-0.2, 0) is 6.42 Å². The Hall–Kier alpha value is -0.770. The summed E-state index contributed by atoms with van der Waals surface area (Å²) in [6.45, 7) is 6.49. The van der Waals surface area contributed by atoms with E-state index < -0.39 is 0 Å². The molecule has 0 atom stereocenters. The fraction of sp³-hybridized carbons (Fsp3) is 0.375. The lowest BCUT2D eigenvalue weighted by Gasteiger charge is -2.07. The molecule has 3 heteroatoms. The van der Waals surface area contributed by atoms with Crippen LogP contribution in [-0.4, -0.2) is 18.8 Å². The van der Waals surface area contributed by atoms with Crippen LogP contribution >= 0.6 is 23.1 Å². The molecule has 0 aliphatic carbocycles. The van der Waals surface area contributed by atoms with Crippen molar-refractivity contribution in [1.82, 2.24) is 5.32 Å². The number of benzene rings is 1. The van der Waals surface area contributed by atoms with Gasteiger partial charge in [0.1, 0.15) is 0 Å². The van der Waals surface area contributed by atoms with Gasteiger partial charge in [0.05, 0.1) is 0 Å². The zero-order chi connectivity index (χ0) is 13.5. The van der Waals surface area contributed by atoms with E-state index in [0.717, 1.165) is 25.3 Å². The van der Waals surface area contributed by atoms with Gasteiger partial charge in [-0.1, -0.05) is 17.7 Å². The van der Waals surface area contributed by atoms with E-state index in [1.165, 1.54) is 21.6 Å². The molecule has 0 aliphatic heterocycles. The molecule has 1 aromatic carbocycles. The van der Waals surface area contributed by atoms with E-state index in [9.17, 15) is 0 Å². The number of thioether (sulfide) groups is 1. The second-order valence-electron chi connectivity index (χ2n) is 4.75. The molecule has 1 heterocycles. The van der Waals surface area contributed by atoms with Gasteiger partial charge < -0.3 is 5.32 Å². The van der Waals surface area contributed by atoms with Crippen molar-refractivity contribution in [2.75, 3.05) is 18.8 Å². The number of rotatable bonds is 7. The van der Waals surface area contributed by atoms with Crippen molar-refractivity contribution in [3.05, 3.63) is 51.7 Å². The maximum absolute atomic E-state index is 3.51. The highest BCUT2D eigenvalue weighted by molar-refractivity contribution is 7.99. The molecule has 2 aromatic rings. The third-order valence-corrected chi connectivity index (χ3v) is 4.94. The molecule has 0 saturated heterocycles. The average Bonchev–Trinajstić information content (AvgIpc) is 2.90. The third-order valence-electron chi connectivity index (χ3n) is 3.05. The smallest absolute Gasteiger partial charge is 0.0106 e. The lowest BCUT2D eigenvalue weighted by molar-refractivity contribution is 0.722. The summed E-state index contributed by atoms with van der Waals surface area (Å²) in [7, 11) is 0. The van der Waals surface area contributed by atoms with E-state index in [4.69, 9.17) is 0 Å². The van der Waals surface area contributed by atoms with Crippen molar-refractivity contribution in [2.45, 2.75) is 25.2 Å². The highest BCUT2D eigenvalue weighted by Gasteiger charge is 1.99. The Bertz CT molecular complexity index is 491. The highest BCUT2D eigenvalue weighted by Crippen LogP contribution is 2.22. The van der Waals surface area contributed by atoms with Gasteiger partial charge in [0.2, 0.25) is 0 Å². The summed E-state index contributed by atoms with van der Waals surface area (Å²) in [4.78, 5) is 1.42. The predicted octanol–water partition coefficient (Wildman–Crippen LogP) is 4.29. The van der Waals surface area contributed by atoms with Gasteiger partial charge >= 0.3 is 0 Å². The second kappa shape index (κ2) is 7.73. The topological polar surface area (TPSA) is 12.0 Å². The number of hydrogen-bond acceptors (Lipinski definition) is 3. The van der Waals surface area contributed by atoms with Crippen molar-refractivity contribution in [1.29, 1.82) is 0 Å². The summed E-state index contributed by atoms with van der Waals surface area (Å²) in [5, 5.41) is 7.89. The standard InChI is InChI=1S/C16H21NS2/c1-13-3-4-14(2)16(11-13)19-10-8-17-7-5-15-6-9-18-12-15/h3-4,6,9,11-12,17H,5,7-8,10H2,1-2H3. The van der Waals surface area contributed by atoms with E-state index in [-0.39, 0.29) is 0 Å². The van der Waals surface area contributed by atoms with Gasteiger partial charge in [-0.05, 0) is 60.8 Å². The summed E-state index contributed by atoms with van der Waals surface area (Å²) >= 11 is 3.72. The van der Waals surface area contributed by atoms with Crippen LogP contribution in [0.4, 0.5) is 0 Å². The van der Waals surface area contributed by atoms with E-state index in [1.54, 1.807) is 11.3 Å². The van der Waals surface area contributed by atoms with Crippen LogP contribution in [0.1, 0.15) is 16.7 Å². The second-order valence-corrected chi connectivity index (χ2v) is 6.67. The minimum absolute atomic E-state index is 1.07. The van der Waals surface area contributed by atoms with Crippen molar-refractivity contribution in [3.63, 3.8) is 0 Å². The van der Waals surface area contributed by atoms with Gasteiger partial charge in [-0.25, -0.2) is 0 Å². The van der Waals surface area contributed by atoms with Crippen LogP contribution in [0.25, 0.3) is 0 Å². The molecular formula is C16H21NS2. The monoisotopic (exact) mass is 291 g/mol. The zero-order valence-corrected chi connectivity index (χ0v) is 13.2. The molecule has 0 fully saturated rings. The molecule has 1 N–H and O–H groups in total. The molecule has 0 spiro atoms. The molecule has 0 bridgehead atoms.